The Labute approximate surface area is 132 Å². The Hall–Kier alpha value is -2.48. The fourth-order valence-electron chi connectivity index (χ4n) is 2.00. The molecule has 0 aliphatic rings. The zero-order valence-electron chi connectivity index (χ0n) is 11.9. The average molecular weight is 340 g/mol. The van der Waals surface area contributed by atoms with Crippen LogP contribution in [-0.4, -0.2) is 20.9 Å². The van der Waals surface area contributed by atoms with Crippen LogP contribution in [0.2, 0.25) is 0 Å². The standard InChI is InChI=1S/C15H14F2N2O3S/c16-12-7-4-8-13(15(12)17)23(21,22)19(10-9-14(18)20)11-5-2-1-3-6-11/h1-8H,9-10H2,(H2,18,20). The highest BCUT2D eigenvalue weighted by Crippen LogP contribution is 2.26. The van der Waals surface area contributed by atoms with E-state index < -0.39 is 32.5 Å². The van der Waals surface area contributed by atoms with E-state index in [0.29, 0.717) is 0 Å². The van der Waals surface area contributed by atoms with Crippen LogP contribution in [0.3, 0.4) is 0 Å². The second-order valence-electron chi connectivity index (χ2n) is 4.68. The fraction of sp³-hybridized carbons (Fsp3) is 0.133. The van der Waals surface area contributed by atoms with Crippen molar-refractivity contribution in [3.05, 3.63) is 60.2 Å². The van der Waals surface area contributed by atoms with Crippen LogP contribution in [-0.2, 0) is 14.8 Å². The molecule has 0 heterocycles. The Morgan fingerprint density at radius 2 is 1.70 bits per heavy atom. The van der Waals surface area contributed by atoms with Gasteiger partial charge in [-0.25, -0.2) is 17.2 Å². The number of anilines is 1. The number of nitrogens with two attached hydrogens (primary N) is 1. The number of amides is 1. The van der Waals surface area contributed by atoms with Gasteiger partial charge in [0.15, 0.2) is 11.6 Å². The van der Waals surface area contributed by atoms with Crippen LogP contribution in [0.25, 0.3) is 0 Å². The molecule has 122 valence electrons. The summed E-state index contributed by atoms with van der Waals surface area (Å²) in [5.41, 5.74) is 5.28. The van der Waals surface area contributed by atoms with Crippen molar-refractivity contribution in [3.8, 4) is 0 Å². The average Bonchev–Trinajstić information content (AvgIpc) is 2.50. The van der Waals surface area contributed by atoms with Crippen LogP contribution < -0.4 is 10.0 Å². The lowest BCUT2D eigenvalue weighted by atomic mass is 10.3. The van der Waals surface area contributed by atoms with E-state index in [2.05, 4.69) is 0 Å². The molecule has 0 aliphatic carbocycles. The first-order valence-electron chi connectivity index (χ1n) is 6.64. The number of sulfonamides is 1. The van der Waals surface area contributed by atoms with Gasteiger partial charge in [-0.3, -0.25) is 9.10 Å². The van der Waals surface area contributed by atoms with Gasteiger partial charge in [-0.2, -0.15) is 0 Å². The maximum atomic E-state index is 13.9. The first-order valence-corrected chi connectivity index (χ1v) is 8.08. The molecular formula is C15H14F2N2O3S. The summed E-state index contributed by atoms with van der Waals surface area (Å²) in [7, 11) is -4.39. The number of rotatable bonds is 6. The number of carbonyl (C=O) groups is 1. The van der Waals surface area contributed by atoms with Gasteiger partial charge in [-0.15, -0.1) is 0 Å². The number of carbonyl (C=O) groups excluding carboxylic acids is 1. The summed E-state index contributed by atoms with van der Waals surface area (Å²) in [6.45, 7) is -0.280. The smallest absolute Gasteiger partial charge is 0.267 e. The van der Waals surface area contributed by atoms with Crippen LogP contribution in [0.5, 0.6) is 0 Å². The molecule has 2 aromatic carbocycles. The summed E-state index contributed by atoms with van der Waals surface area (Å²) in [4.78, 5) is 10.2. The van der Waals surface area contributed by atoms with Crippen molar-refractivity contribution in [2.45, 2.75) is 11.3 Å². The van der Waals surface area contributed by atoms with Gasteiger partial charge in [0.05, 0.1) is 5.69 Å². The third-order valence-corrected chi connectivity index (χ3v) is 4.93. The van der Waals surface area contributed by atoms with E-state index in [4.69, 9.17) is 5.73 Å². The highest BCUT2D eigenvalue weighted by atomic mass is 32.2. The maximum Gasteiger partial charge on any atom is 0.267 e. The van der Waals surface area contributed by atoms with E-state index in [0.717, 1.165) is 22.5 Å². The molecule has 23 heavy (non-hydrogen) atoms. The van der Waals surface area contributed by atoms with Crippen molar-refractivity contribution in [1.82, 2.24) is 0 Å². The number of benzene rings is 2. The molecule has 0 unspecified atom stereocenters. The van der Waals surface area contributed by atoms with Gasteiger partial charge in [-0.1, -0.05) is 24.3 Å². The lowest BCUT2D eigenvalue weighted by molar-refractivity contribution is -0.117. The molecule has 2 aromatic rings. The molecule has 8 heteroatoms. The zero-order valence-corrected chi connectivity index (χ0v) is 12.8. The van der Waals surface area contributed by atoms with Gasteiger partial charge in [0, 0.05) is 13.0 Å². The normalized spacial score (nSPS) is 11.2. The van der Waals surface area contributed by atoms with E-state index in [1.54, 1.807) is 18.2 Å². The summed E-state index contributed by atoms with van der Waals surface area (Å²) in [5.74, 6) is -3.44. The SMILES string of the molecule is NC(=O)CCN(c1ccccc1)S(=O)(=O)c1cccc(F)c1F. The first kappa shape index (κ1) is 16.9. The summed E-state index contributed by atoms with van der Waals surface area (Å²) in [6.07, 6.45) is -0.259. The third-order valence-electron chi connectivity index (χ3n) is 3.09. The molecule has 2 N–H and O–H groups in total. The monoisotopic (exact) mass is 340 g/mol. The number of para-hydroxylation sites is 1. The molecule has 5 nitrogen and oxygen atoms in total. The van der Waals surface area contributed by atoms with Crippen molar-refractivity contribution in [2.75, 3.05) is 10.8 Å². The molecule has 1 amide bonds. The molecule has 0 atom stereocenters. The predicted molar refractivity (Wildman–Crippen MR) is 81.1 cm³/mol. The van der Waals surface area contributed by atoms with Crippen LogP contribution in [0.1, 0.15) is 6.42 Å². The number of primary amides is 1. The molecule has 2 rings (SSSR count). The quantitative estimate of drug-likeness (QED) is 0.874. The molecule has 0 saturated heterocycles. The second kappa shape index (κ2) is 6.74. The van der Waals surface area contributed by atoms with Gasteiger partial charge >= 0.3 is 0 Å². The lowest BCUT2D eigenvalue weighted by Crippen LogP contribution is -2.34. The van der Waals surface area contributed by atoms with Crippen molar-refractivity contribution in [2.24, 2.45) is 5.73 Å². The third kappa shape index (κ3) is 3.65. The van der Waals surface area contributed by atoms with Gasteiger partial charge in [0.1, 0.15) is 4.90 Å². The molecule has 0 bridgehead atoms. The van der Waals surface area contributed by atoms with E-state index in [1.807, 2.05) is 0 Å². The van der Waals surface area contributed by atoms with Crippen LogP contribution in [0.15, 0.2) is 53.4 Å². The van der Waals surface area contributed by atoms with Crippen LogP contribution >= 0.6 is 0 Å². The Morgan fingerprint density at radius 3 is 2.30 bits per heavy atom. The molecule has 0 saturated carbocycles. The van der Waals surface area contributed by atoms with Crippen LogP contribution in [0.4, 0.5) is 14.5 Å². The number of halogens is 2. The summed E-state index contributed by atoms with van der Waals surface area (Å²) < 4.78 is 53.5. The molecule has 0 aromatic heterocycles. The Kier molecular flexibility index (Phi) is 4.95. The summed E-state index contributed by atoms with van der Waals surface area (Å²) in [5, 5.41) is 0. The lowest BCUT2D eigenvalue weighted by Gasteiger charge is -2.24. The van der Waals surface area contributed by atoms with E-state index >= 15 is 0 Å². The molecular weight excluding hydrogens is 326 g/mol. The van der Waals surface area contributed by atoms with Crippen molar-refractivity contribution < 1.29 is 22.0 Å². The van der Waals surface area contributed by atoms with Crippen molar-refractivity contribution in [3.63, 3.8) is 0 Å². The minimum absolute atomic E-state index is 0.220. The predicted octanol–water partition coefficient (Wildman–Crippen LogP) is 2.04. The minimum atomic E-state index is -4.39. The largest absolute Gasteiger partial charge is 0.370 e. The highest BCUT2D eigenvalue weighted by molar-refractivity contribution is 7.92. The van der Waals surface area contributed by atoms with E-state index in [-0.39, 0.29) is 18.7 Å². The van der Waals surface area contributed by atoms with Gasteiger partial charge in [0.25, 0.3) is 10.0 Å². The van der Waals surface area contributed by atoms with Gasteiger partial charge in [-0.05, 0) is 24.3 Å². The van der Waals surface area contributed by atoms with Gasteiger partial charge in [0.2, 0.25) is 5.91 Å². The second-order valence-corrected chi connectivity index (χ2v) is 6.51. The maximum absolute atomic E-state index is 13.9. The summed E-state index contributed by atoms with van der Waals surface area (Å²) in [6, 6.07) is 10.7. The van der Waals surface area contributed by atoms with Gasteiger partial charge < -0.3 is 5.73 Å². The number of nitrogens with zero attached hydrogens (tertiary/aromatic N) is 1. The van der Waals surface area contributed by atoms with Crippen LogP contribution in [0, 0.1) is 11.6 Å². The first-order chi connectivity index (χ1) is 10.8. The van der Waals surface area contributed by atoms with Crippen molar-refractivity contribution in [1.29, 1.82) is 0 Å². The molecule has 0 fully saturated rings. The van der Waals surface area contributed by atoms with E-state index in [1.165, 1.54) is 12.1 Å². The number of hydrogen-bond donors (Lipinski definition) is 1. The fourth-order valence-corrected chi connectivity index (χ4v) is 3.54. The topological polar surface area (TPSA) is 80.5 Å². The van der Waals surface area contributed by atoms with E-state index in [9.17, 15) is 22.0 Å². The molecule has 0 spiro atoms. The number of hydrogen-bond acceptors (Lipinski definition) is 3. The zero-order chi connectivity index (χ0) is 17.0. The molecule has 0 aliphatic heterocycles. The Morgan fingerprint density at radius 1 is 1.04 bits per heavy atom. The summed E-state index contributed by atoms with van der Waals surface area (Å²) >= 11 is 0. The highest BCUT2D eigenvalue weighted by Gasteiger charge is 2.29. The Bertz CT molecular complexity index is 811. The minimum Gasteiger partial charge on any atom is -0.370 e. The molecule has 0 radical (unpaired) electrons. The Balaban J connectivity index is 2.53. The van der Waals surface area contributed by atoms with Crippen molar-refractivity contribution >= 4 is 21.6 Å².